The smallest absolute Gasteiger partial charge is 0.242 e. The fraction of sp³-hybridized carbons (Fsp3) is 0.538. The van der Waals surface area contributed by atoms with Crippen molar-refractivity contribution in [3.8, 4) is 0 Å². The second-order valence-electron chi connectivity index (χ2n) is 5.23. The van der Waals surface area contributed by atoms with Crippen molar-refractivity contribution in [2.45, 2.75) is 37.5 Å². The molecule has 106 valence electrons. The molecule has 0 spiro atoms. The molecule has 0 atom stereocenters. The van der Waals surface area contributed by atoms with E-state index < -0.39 is 15.8 Å². The van der Waals surface area contributed by atoms with Crippen LogP contribution in [0.1, 0.15) is 32.6 Å². The predicted octanol–water partition coefficient (Wildman–Crippen LogP) is 2.27. The number of sulfonamides is 1. The molecule has 0 bridgehead atoms. The molecule has 3 N–H and O–H groups in total. The number of nitrogen functional groups attached to an aromatic ring is 1. The van der Waals surface area contributed by atoms with Gasteiger partial charge in [-0.1, -0.05) is 19.4 Å². The maximum absolute atomic E-state index is 13.3. The normalized spacial score (nSPS) is 17.4. The highest BCUT2D eigenvalue weighted by Gasteiger charge is 2.42. The summed E-state index contributed by atoms with van der Waals surface area (Å²) in [4.78, 5) is -0.181. The van der Waals surface area contributed by atoms with Gasteiger partial charge in [0.25, 0.3) is 0 Å². The molecule has 1 aliphatic carbocycles. The molecule has 1 fully saturated rings. The highest BCUT2D eigenvalue weighted by molar-refractivity contribution is 7.89. The van der Waals surface area contributed by atoms with Crippen molar-refractivity contribution in [1.29, 1.82) is 0 Å². The number of nitrogens with two attached hydrogens (primary N) is 1. The van der Waals surface area contributed by atoms with Gasteiger partial charge in [0.15, 0.2) is 0 Å². The Morgan fingerprint density at radius 1 is 1.42 bits per heavy atom. The van der Waals surface area contributed by atoms with Gasteiger partial charge in [-0.15, -0.1) is 0 Å². The Bertz CT molecular complexity index is 568. The molecule has 0 unspecified atom stereocenters. The van der Waals surface area contributed by atoms with Gasteiger partial charge in [-0.2, -0.15) is 0 Å². The minimum Gasteiger partial charge on any atom is -0.395 e. The molecule has 2 rings (SSSR count). The first-order chi connectivity index (χ1) is 8.90. The summed E-state index contributed by atoms with van der Waals surface area (Å²) in [6.07, 6.45) is 4.13. The molecule has 19 heavy (non-hydrogen) atoms. The molecule has 1 aliphatic rings. The van der Waals surface area contributed by atoms with E-state index in [0.29, 0.717) is 6.54 Å². The third-order valence-corrected chi connectivity index (χ3v) is 5.14. The topological polar surface area (TPSA) is 72.2 Å². The molecule has 0 saturated heterocycles. The lowest BCUT2D eigenvalue weighted by molar-refractivity contribution is 0.449. The second-order valence-corrected chi connectivity index (χ2v) is 6.96. The zero-order chi connectivity index (χ0) is 14.1. The van der Waals surface area contributed by atoms with Crippen LogP contribution in [0.5, 0.6) is 0 Å². The Morgan fingerprint density at radius 3 is 2.68 bits per heavy atom. The van der Waals surface area contributed by atoms with Crippen molar-refractivity contribution in [3.63, 3.8) is 0 Å². The van der Waals surface area contributed by atoms with E-state index in [1.54, 1.807) is 0 Å². The molecule has 0 heterocycles. The minimum atomic E-state index is -3.74. The molecule has 0 amide bonds. The number of anilines is 1. The van der Waals surface area contributed by atoms with Crippen molar-refractivity contribution in [2.75, 3.05) is 12.3 Å². The summed E-state index contributed by atoms with van der Waals surface area (Å²) in [5.74, 6) is -0.711. The summed E-state index contributed by atoms with van der Waals surface area (Å²) in [7, 11) is -3.74. The summed E-state index contributed by atoms with van der Waals surface area (Å²) in [5.41, 5.74) is 5.27. The number of benzene rings is 1. The first-order valence-electron chi connectivity index (χ1n) is 6.44. The third-order valence-electron chi connectivity index (χ3n) is 3.68. The predicted molar refractivity (Wildman–Crippen MR) is 72.6 cm³/mol. The van der Waals surface area contributed by atoms with Crippen molar-refractivity contribution < 1.29 is 12.8 Å². The van der Waals surface area contributed by atoms with Gasteiger partial charge in [-0.25, -0.2) is 17.5 Å². The average Bonchev–Trinajstić information content (AvgIpc) is 3.11. The van der Waals surface area contributed by atoms with Crippen molar-refractivity contribution in [1.82, 2.24) is 4.72 Å². The summed E-state index contributed by atoms with van der Waals surface area (Å²) >= 11 is 0. The van der Waals surface area contributed by atoms with Gasteiger partial charge >= 0.3 is 0 Å². The van der Waals surface area contributed by atoms with Crippen LogP contribution in [0, 0.1) is 11.2 Å². The molecule has 0 radical (unpaired) electrons. The Hall–Kier alpha value is -1.14. The first-order valence-corrected chi connectivity index (χ1v) is 7.92. The van der Waals surface area contributed by atoms with Gasteiger partial charge in [0, 0.05) is 6.54 Å². The van der Waals surface area contributed by atoms with E-state index in [4.69, 9.17) is 5.73 Å². The monoisotopic (exact) mass is 286 g/mol. The van der Waals surface area contributed by atoms with Crippen LogP contribution in [0.2, 0.25) is 0 Å². The van der Waals surface area contributed by atoms with Crippen molar-refractivity contribution in [2.24, 2.45) is 5.41 Å². The van der Waals surface area contributed by atoms with Crippen molar-refractivity contribution >= 4 is 15.7 Å². The standard InChI is InChI=1S/C13H19FN2O2S/c1-2-6-13(7-8-13)9-16-19(17,18)11-5-3-4-10(14)12(11)15/h3-5,16H,2,6-9,15H2,1H3. The molecule has 1 aromatic carbocycles. The van der Waals surface area contributed by atoms with Crippen molar-refractivity contribution in [3.05, 3.63) is 24.0 Å². The van der Waals surface area contributed by atoms with E-state index >= 15 is 0 Å². The largest absolute Gasteiger partial charge is 0.395 e. The lowest BCUT2D eigenvalue weighted by Crippen LogP contribution is -2.31. The SMILES string of the molecule is CCCC1(CNS(=O)(=O)c2cccc(F)c2N)CC1. The van der Waals surface area contributed by atoms with Gasteiger partial charge in [0.1, 0.15) is 10.7 Å². The quantitative estimate of drug-likeness (QED) is 0.788. The Morgan fingerprint density at radius 2 is 2.11 bits per heavy atom. The van der Waals surface area contributed by atoms with E-state index in [9.17, 15) is 12.8 Å². The van der Waals surface area contributed by atoms with Crippen LogP contribution < -0.4 is 10.5 Å². The molecular weight excluding hydrogens is 267 g/mol. The van der Waals surface area contributed by atoms with Crippen LogP contribution in [-0.4, -0.2) is 15.0 Å². The third kappa shape index (κ3) is 3.06. The molecule has 4 nitrogen and oxygen atoms in total. The Balaban J connectivity index is 2.13. The summed E-state index contributed by atoms with van der Waals surface area (Å²) < 4.78 is 40.1. The van der Waals surface area contributed by atoms with E-state index in [2.05, 4.69) is 11.6 Å². The lowest BCUT2D eigenvalue weighted by Gasteiger charge is -2.16. The molecular formula is C13H19FN2O2S. The van der Waals surface area contributed by atoms with E-state index in [1.165, 1.54) is 12.1 Å². The summed E-state index contributed by atoms with van der Waals surface area (Å²) in [6, 6.07) is 3.81. The van der Waals surface area contributed by atoms with Crippen LogP contribution in [0.25, 0.3) is 0 Å². The zero-order valence-corrected chi connectivity index (χ0v) is 11.8. The fourth-order valence-corrected chi connectivity index (χ4v) is 3.60. The van der Waals surface area contributed by atoms with Crippen LogP contribution in [-0.2, 0) is 10.0 Å². The fourth-order valence-electron chi connectivity index (χ4n) is 2.30. The molecule has 1 aromatic rings. The summed E-state index contributed by atoms with van der Waals surface area (Å²) in [5, 5.41) is 0. The van der Waals surface area contributed by atoms with Gasteiger partial charge in [0.05, 0.1) is 5.69 Å². The average molecular weight is 286 g/mol. The van der Waals surface area contributed by atoms with Crippen LogP contribution >= 0.6 is 0 Å². The lowest BCUT2D eigenvalue weighted by atomic mass is 10.0. The Labute approximate surface area is 113 Å². The van der Waals surface area contributed by atoms with Crippen LogP contribution in [0.4, 0.5) is 10.1 Å². The summed E-state index contributed by atoms with van der Waals surface area (Å²) in [6.45, 7) is 2.48. The van der Waals surface area contributed by atoms with Gasteiger partial charge < -0.3 is 5.73 Å². The molecule has 1 saturated carbocycles. The molecule has 0 aromatic heterocycles. The number of para-hydroxylation sites is 1. The number of halogens is 1. The number of hydrogen-bond donors (Lipinski definition) is 2. The zero-order valence-electron chi connectivity index (χ0n) is 10.9. The Kier molecular flexibility index (Phi) is 3.82. The van der Waals surface area contributed by atoms with E-state index in [0.717, 1.165) is 31.7 Å². The maximum Gasteiger partial charge on any atom is 0.242 e. The first kappa shape index (κ1) is 14.3. The number of nitrogens with one attached hydrogen (secondary N) is 1. The molecule has 6 heteroatoms. The number of hydrogen-bond acceptors (Lipinski definition) is 3. The van der Waals surface area contributed by atoms with Crippen LogP contribution in [0.15, 0.2) is 23.1 Å². The maximum atomic E-state index is 13.3. The highest BCUT2D eigenvalue weighted by Crippen LogP contribution is 2.49. The van der Waals surface area contributed by atoms with Gasteiger partial charge in [-0.3, -0.25) is 0 Å². The minimum absolute atomic E-state index is 0.101. The number of rotatable bonds is 6. The van der Waals surface area contributed by atoms with Gasteiger partial charge in [-0.05, 0) is 36.8 Å². The van der Waals surface area contributed by atoms with Crippen LogP contribution in [0.3, 0.4) is 0 Å². The second kappa shape index (κ2) is 5.09. The van der Waals surface area contributed by atoms with E-state index in [1.807, 2.05) is 0 Å². The van der Waals surface area contributed by atoms with E-state index in [-0.39, 0.29) is 16.0 Å². The molecule has 0 aliphatic heterocycles. The van der Waals surface area contributed by atoms with Gasteiger partial charge in [0.2, 0.25) is 10.0 Å². The highest BCUT2D eigenvalue weighted by atomic mass is 32.2.